The number of benzene rings is 6. The van der Waals surface area contributed by atoms with E-state index in [1.165, 1.54) is 0 Å². The van der Waals surface area contributed by atoms with E-state index in [1.54, 1.807) is 18.8 Å². The van der Waals surface area contributed by atoms with E-state index in [2.05, 4.69) is 0 Å². The van der Waals surface area contributed by atoms with Crippen molar-refractivity contribution in [2.24, 2.45) is 0 Å². The van der Waals surface area contributed by atoms with Crippen LogP contribution in [0, 0.1) is 0 Å². The van der Waals surface area contributed by atoms with Crippen molar-refractivity contribution >= 4 is 53.3 Å². The maximum absolute atomic E-state index is 15.0. The Morgan fingerprint density at radius 2 is 0.638 bits per heavy atom. The summed E-state index contributed by atoms with van der Waals surface area (Å²) < 4.78 is 56.5. The highest BCUT2D eigenvalue weighted by atomic mass is 31.2. The first-order valence-corrected chi connectivity index (χ1v) is 21.2. The quantitative estimate of drug-likeness (QED) is 0.127. The van der Waals surface area contributed by atoms with Crippen LogP contribution >= 0.6 is 21.4 Å². The Bertz CT molecular complexity index is 1850. The van der Waals surface area contributed by atoms with E-state index >= 15 is 9.13 Å². The van der Waals surface area contributed by atoms with E-state index in [-0.39, 0.29) is 12.7 Å². The lowest BCUT2D eigenvalue weighted by Crippen LogP contribution is -2.27. The van der Waals surface area contributed by atoms with Gasteiger partial charge >= 0.3 is 0 Å². The first-order chi connectivity index (χ1) is 22.8. The zero-order valence-corrected chi connectivity index (χ0v) is 28.6. The summed E-state index contributed by atoms with van der Waals surface area (Å²) in [4.78, 5) is 0. The molecular weight excluding hydrogens is 641 g/mol. The van der Waals surface area contributed by atoms with Crippen molar-refractivity contribution in [3.63, 3.8) is 0 Å². The minimum Gasteiger partial charge on any atom is -0.485 e. The minimum absolute atomic E-state index is 0.134. The number of rotatable bonds is 12. The molecule has 0 unspecified atom stereocenters. The second-order valence-electron chi connectivity index (χ2n) is 11.3. The van der Waals surface area contributed by atoms with Gasteiger partial charge in [-0.15, -0.1) is 0 Å². The van der Waals surface area contributed by atoms with Gasteiger partial charge in [-0.2, -0.15) is 0 Å². The molecule has 0 aliphatic carbocycles. The van der Waals surface area contributed by atoms with Crippen LogP contribution in [0.25, 0.3) is 0 Å². The van der Waals surface area contributed by atoms with Gasteiger partial charge < -0.3 is 23.2 Å². The highest BCUT2D eigenvalue weighted by Crippen LogP contribution is 2.48. The monoisotopic (exact) mass is 676 g/mol. The molecule has 0 saturated carbocycles. The van der Waals surface area contributed by atoms with Crippen LogP contribution in [0.4, 0.5) is 0 Å². The Balaban J connectivity index is 1.28. The van der Waals surface area contributed by atoms with Crippen LogP contribution in [0.5, 0.6) is 11.5 Å². The van der Waals surface area contributed by atoms with Gasteiger partial charge in [0.25, 0.3) is 0 Å². The van der Waals surface area contributed by atoms with Gasteiger partial charge in [0.05, 0.1) is 10.6 Å². The zero-order valence-electron chi connectivity index (χ0n) is 26.0. The van der Waals surface area contributed by atoms with Crippen LogP contribution in [0.15, 0.2) is 170 Å². The fourth-order valence-corrected chi connectivity index (χ4v) is 12.0. The molecule has 5 nitrogen and oxygen atoms in total. The molecule has 0 heterocycles. The lowest BCUT2D eigenvalue weighted by Gasteiger charge is -2.24. The Morgan fingerprint density at radius 3 is 0.936 bits per heavy atom. The molecule has 0 amide bonds. The predicted molar refractivity (Wildman–Crippen MR) is 196 cm³/mol. The van der Waals surface area contributed by atoms with Crippen molar-refractivity contribution in [2.75, 3.05) is 19.4 Å². The molecule has 0 aromatic heterocycles. The summed E-state index contributed by atoms with van der Waals surface area (Å²) in [5.41, 5.74) is 0. The summed E-state index contributed by atoms with van der Waals surface area (Å²) in [7, 11) is -9.72. The van der Waals surface area contributed by atoms with Gasteiger partial charge in [0, 0.05) is 21.2 Å². The maximum Gasteiger partial charge on any atom is 0.174 e. The van der Waals surface area contributed by atoms with Gasteiger partial charge in [0.2, 0.25) is 0 Å². The number of hydrogen-bond donors (Lipinski definition) is 0. The fourth-order valence-electron chi connectivity index (χ4n) is 5.53. The van der Waals surface area contributed by atoms with Crippen molar-refractivity contribution in [3.05, 3.63) is 170 Å². The molecule has 0 spiro atoms. The second-order valence-corrected chi connectivity index (χ2v) is 19.9. The first-order valence-electron chi connectivity index (χ1n) is 15.3. The molecule has 0 aliphatic heterocycles. The lowest BCUT2D eigenvalue weighted by molar-refractivity contribution is 0.349. The predicted octanol–water partition coefficient (Wildman–Crippen LogP) is 7.33. The topological polar surface area (TPSA) is 69.7 Å². The molecule has 0 aliphatic rings. The summed E-state index contributed by atoms with van der Waals surface area (Å²) in [5, 5.41) is 3.81. The van der Waals surface area contributed by atoms with Crippen LogP contribution in [0.3, 0.4) is 0 Å². The van der Waals surface area contributed by atoms with E-state index in [0.717, 1.165) is 0 Å². The molecular formula is C39H35O5P3. The van der Waals surface area contributed by atoms with Gasteiger partial charge in [-0.25, -0.2) is 0 Å². The summed E-state index contributed by atoms with van der Waals surface area (Å²) in [6.45, 7) is 1.63. The van der Waals surface area contributed by atoms with Gasteiger partial charge in [-0.1, -0.05) is 146 Å². The first kappa shape index (κ1) is 32.5. The smallest absolute Gasteiger partial charge is 0.174 e. The Kier molecular flexibility index (Phi) is 9.81. The molecule has 6 rings (SSSR count). The molecule has 47 heavy (non-hydrogen) atoms. The normalized spacial score (nSPS) is 11.9. The Hall–Kier alpha value is -4.39. The van der Waals surface area contributed by atoms with Crippen molar-refractivity contribution < 1.29 is 23.2 Å². The molecule has 0 N–H and O–H groups in total. The third-order valence-electron chi connectivity index (χ3n) is 7.87. The van der Waals surface area contributed by atoms with Gasteiger partial charge in [-0.3, -0.25) is 0 Å². The highest BCUT2D eigenvalue weighted by Gasteiger charge is 2.34. The second kappa shape index (κ2) is 14.2. The van der Waals surface area contributed by atoms with E-state index in [0.29, 0.717) is 43.3 Å². The molecule has 8 heteroatoms. The van der Waals surface area contributed by atoms with Gasteiger partial charge in [0.1, 0.15) is 24.2 Å². The van der Waals surface area contributed by atoms with Crippen molar-refractivity contribution in [1.29, 1.82) is 0 Å². The van der Waals surface area contributed by atoms with E-state index in [4.69, 9.17) is 9.47 Å². The van der Waals surface area contributed by atoms with E-state index in [1.807, 2.05) is 158 Å². The van der Waals surface area contributed by atoms with Gasteiger partial charge in [0.15, 0.2) is 21.4 Å². The summed E-state index contributed by atoms with van der Waals surface area (Å²) >= 11 is 0. The van der Waals surface area contributed by atoms with Gasteiger partial charge in [-0.05, 0) is 30.9 Å². The molecule has 6 aromatic carbocycles. The van der Waals surface area contributed by atoms with Crippen molar-refractivity contribution in [2.45, 2.75) is 0 Å². The summed E-state index contributed by atoms with van der Waals surface area (Å²) in [6, 6.07) is 51.9. The molecule has 236 valence electrons. The number of ether oxygens (including phenoxy) is 2. The molecule has 6 aromatic rings. The summed E-state index contributed by atoms with van der Waals surface area (Å²) in [6.07, 6.45) is -0.268. The zero-order chi connectivity index (χ0) is 32.7. The molecule has 0 radical (unpaired) electrons. The highest BCUT2D eigenvalue weighted by molar-refractivity contribution is 7.86. The summed E-state index contributed by atoms with van der Waals surface area (Å²) in [5.74, 6) is 0.812. The van der Waals surface area contributed by atoms with Crippen LogP contribution < -0.4 is 41.3 Å². The Labute approximate surface area is 276 Å². The average molecular weight is 677 g/mol. The largest absolute Gasteiger partial charge is 0.485 e. The Morgan fingerprint density at radius 1 is 0.383 bits per heavy atom. The van der Waals surface area contributed by atoms with Crippen LogP contribution in [0.2, 0.25) is 0 Å². The van der Waals surface area contributed by atoms with Crippen molar-refractivity contribution in [1.82, 2.24) is 0 Å². The number of para-hydroxylation sites is 2. The number of hydrogen-bond acceptors (Lipinski definition) is 5. The fraction of sp³-hybridized carbons (Fsp3) is 0.0769. The molecule has 0 saturated heterocycles. The molecule has 0 fully saturated rings. The average Bonchev–Trinajstić information content (AvgIpc) is 3.14. The van der Waals surface area contributed by atoms with E-state index < -0.39 is 21.4 Å². The lowest BCUT2D eigenvalue weighted by atomic mass is 10.3. The van der Waals surface area contributed by atoms with Crippen LogP contribution in [-0.2, 0) is 13.7 Å². The van der Waals surface area contributed by atoms with Crippen LogP contribution in [0.1, 0.15) is 0 Å². The third-order valence-corrected chi connectivity index (χ3v) is 15.4. The van der Waals surface area contributed by atoms with Crippen molar-refractivity contribution in [3.8, 4) is 11.5 Å². The van der Waals surface area contributed by atoms with Crippen LogP contribution in [-0.4, -0.2) is 19.4 Å². The SMILES string of the molecule is CP(=O)(COc1ccccc1P(=O)(c1ccccc1)c1ccccc1)COc1ccccc1P(=O)(c1ccccc1)c1ccccc1. The minimum atomic E-state index is -3.32. The van der Waals surface area contributed by atoms with E-state index in [9.17, 15) is 4.57 Å². The molecule has 0 atom stereocenters. The maximum atomic E-state index is 15.0. The molecule has 0 bridgehead atoms. The standard InChI is InChI=1S/C39H35O5P3/c1-45(40,30-43-36-26-14-16-28-38(36)46(41,32-18-6-2-7-19-32)33-20-8-3-9-21-33)31-44-37-27-15-17-29-39(37)47(42,34-22-10-4-11-23-34)35-24-12-5-13-25-35/h2-29H,30-31H2,1H3. The third kappa shape index (κ3) is 6.85.